The Balaban J connectivity index is 2.48. The largest absolute Gasteiger partial charge is 0.235 e. The van der Waals surface area contributed by atoms with Gasteiger partial charge in [-0.25, -0.2) is 4.98 Å². The molecule has 0 amide bonds. The van der Waals surface area contributed by atoms with Gasteiger partial charge in [0.2, 0.25) is 0 Å². The second-order valence-corrected chi connectivity index (χ2v) is 3.60. The van der Waals surface area contributed by atoms with Crippen molar-refractivity contribution in [3.8, 4) is 11.3 Å². The third-order valence-electron chi connectivity index (χ3n) is 1.87. The SMILES string of the molecule is Clc1ccc(-c2ccccc2)nc1Cl. The summed E-state index contributed by atoms with van der Waals surface area (Å²) in [5, 5.41) is 0.819. The minimum Gasteiger partial charge on any atom is -0.235 e. The zero-order valence-corrected chi connectivity index (χ0v) is 8.76. The van der Waals surface area contributed by atoms with Crippen molar-refractivity contribution in [2.45, 2.75) is 0 Å². The second-order valence-electron chi connectivity index (χ2n) is 2.84. The number of halogens is 2. The highest BCUT2D eigenvalue weighted by Crippen LogP contribution is 2.24. The van der Waals surface area contributed by atoms with Crippen LogP contribution in [0, 0.1) is 0 Å². The molecule has 0 N–H and O–H groups in total. The molecule has 0 aliphatic heterocycles. The maximum Gasteiger partial charge on any atom is 0.148 e. The lowest BCUT2D eigenvalue weighted by Gasteiger charge is -2.01. The first-order valence-corrected chi connectivity index (χ1v) is 4.90. The van der Waals surface area contributed by atoms with Crippen molar-refractivity contribution in [2.24, 2.45) is 0 Å². The molecule has 14 heavy (non-hydrogen) atoms. The molecule has 0 saturated heterocycles. The van der Waals surface area contributed by atoms with E-state index in [0.717, 1.165) is 11.3 Å². The fourth-order valence-corrected chi connectivity index (χ4v) is 1.45. The van der Waals surface area contributed by atoms with Crippen LogP contribution in [-0.2, 0) is 0 Å². The van der Waals surface area contributed by atoms with E-state index in [-0.39, 0.29) is 0 Å². The van der Waals surface area contributed by atoms with E-state index in [1.807, 2.05) is 36.4 Å². The molecule has 0 unspecified atom stereocenters. The summed E-state index contributed by atoms with van der Waals surface area (Å²) in [6.07, 6.45) is 0. The number of benzene rings is 1. The lowest BCUT2D eigenvalue weighted by Crippen LogP contribution is -1.83. The number of nitrogens with zero attached hydrogens (tertiary/aromatic N) is 1. The molecule has 0 radical (unpaired) electrons. The van der Waals surface area contributed by atoms with Gasteiger partial charge in [-0.05, 0) is 12.1 Å². The van der Waals surface area contributed by atoms with Gasteiger partial charge in [-0.3, -0.25) is 0 Å². The van der Waals surface area contributed by atoms with Gasteiger partial charge in [-0.2, -0.15) is 0 Å². The lowest BCUT2D eigenvalue weighted by molar-refractivity contribution is 1.33. The van der Waals surface area contributed by atoms with E-state index in [4.69, 9.17) is 23.2 Å². The van der Waals surface area contributed by atoms with Crippen LogP contribution in [0.25, 0.3) is 11.3 Å². The van der Waals surface area contributed by atoms with Gasteiger partial charge in [-0.1, -0.05) is 53.5 Å². The van der Waals surface area contributed by atoms with Gasteiger partial charge in [0, 0.05) is 5.56 Å². The molecule has 0 aliphatic carbocycles. The second kappa shape index (κ2) is 3.99. The van der Waals surface area contributed by atoms with E-state index >= 15 is 0 Å². The minimum absolute atomic E-state index is 0.341. The minimum atomic E-state index is 0.341. The molecule has 0 spiro atoms. The van der Waals surface area contributed by atoms with E-state index in [0.29, 0.717) is 10.2 Å². The van der Waals surface area contributed by atoms with E-state index in [2.05, 4.69) is 4.98 Å². The predicted octanol–water partition coefficient (Wildman–Crippen LogP) is 4.06. The Labute approximate surface area is 92.3 Å². The molecule has 2 aromatic rings. The van der Waals surface area contributed by atoms with Gasteiger partial charge in [0.15, 0.2) is 0 Å². The number of aromatic nitrogens is 1. The monoisotopic (exact) mass is 223 g/mol. The van der Waals surface area contributed by atoms with Gasteiger partial charge in [-0.15, -0.1) is 0 Å². The summed E-state index contributed by atoms with van der Waals surface area (Å²) in [5.74, 6) is 0. The number of hydrogen-bond acceptors (Lipinski definition) is 1. The highest BCUT2D eigenvalue weighted by molar-refractivity contribution is 6.41. The van der Waals surface area contributed by atoms with Crippen molar-refractivity contribution in [3.05, 3.63) is 52.6 Å². The normalized spacial score (nSPS) is 10.1. The van der Waals surface area contributed by atoms with Crippen molar-refractivity contribution in [2.75, 3.05) is 0 Å². The number of hydrogen-bond donors (Lipinski definition) is 0. The Bertz CT molecular complexity index is 440. The average molecular weight is 224 g/mol. The Morgan fingerprint density at radius 3 is 2.21 bits per heavy atom. The van der Waals surface area contributed by atoms with Crippen LogP contribution in [0.15, 0.2) is 42.5 Å². The molecule has 0 atom stereocenters. The molecule has 1 aromatic heterocycles. The summed E-state index contributed by atoms with van der Waals surface area (Å²) in [5.41, 5.74) is 1.87. The van der Waals surface area contributed by atoms with Crippen LogP contribution in [0.2, 0.25) is 10.2 Å². The first-order valence-electron chi connectivity index (χ1n) is 4.15. The molecule has 1 aromatic carbocycles. The van der Waals surface area contributed by atoms with E-state index in [9.17, 15) is 0 Å². The molecule has 0 fully saturated rings. The molecular weight excluding hydrogens is 217 g/mol. The third kappa shape index (κ3) is 1.89. The summed E-state index contributed by atoms with van der Waals surface area (Å²) < 4.78 is 0. The Hall–Kier alpha value is -1.05. The molecule has 0 bridgehead atoms. The summed E-state index contributed by atoms with van der Waals surface area (Å²) >= 11 is 11.6. The van der Waals surface area contributed by atoms with Crippen molar-refractivity contribution in [1.29, 1.82) is 0 Å². The first kappa shape index (κ1) is 9.50. The van der Waals surface area contributed by atoms with Crippen LogP contribution in [0.4, 0.5) is 0 Å². The highest BCUT2D eigenvalue weighted by atomic mass is 35.5. The maximum absolute atomic E-state index is 5.82. The molecule has 1 heterocycles. The first-order chi connectivity index (χ1) is 6.77. The van der Waals surface area contributed by atoms with E-state index in [1.54, 1.807) is 6.07 Å². The number of rotatable bonds is 1. The molecule has 0 aliphatic rings. The Morgan fingerprint density at radius 2 is 1.57 bits per heavy atom. The summed E-state index contributed by atoms with van der Waals surface area (Å²) in [6, 6.07) is 13.4. The fraction of sp³-hybridized carbons (Fsp3) is 0. The van der Waals surface area contributed by atoms with Gasteiger partial charge >= 0.3 is 0 Å². The van der Waals surface area contributed by atoms with Crippen LogP contribution < -0.4 is 0 Å². The standard InChI is InChI=1S/C11H7Cl2N/c12-9-6-7-10(14-11(9)13)8-4-2-1-3-5-8/h1-7H. The highest BCUT2D eigenvalue weighted by Gasteiger charge is 2.02. The predicted molar refractivity (Wildman–Crippen MR) is 59.7 cm³/mol. The average Bonchev–Trinajstić information content (AvgIpc) is 2.23. The third-order valence-corrected chi connectivity index (χ3v) is 2.56. The summed E-state index contributed by atoms with van der Waals surface area (Å²) in [4.78, 5) is 4.18. The Kier molecular flexibility index (Phi) is 2.71. The van der Waals surface area contributed by atoms with Crippen molar-refractivity contribution >= 4 is 23.2 Å². The van der Waals surface area contributed by atoms with Crippen molar-refractivity contribution in [3.63, 3.8) is 0 Å². The molecule has 0 saturated carbocycles. The summed E-state index contributed by atoms with van der Waals surface area (Å²) in [7, 11) is 0. The van der Waals surface area contributed by atoms with Crippen molar-refractivity contribution in [1.82, 2.24) is 4.98 Å². The lowest BCUT2D eigenvalue weighted by atomic mass is 10.1. The van der Waals surface area contributed by atoms with Crippen LogP contribution >= 0.6 is 23.2 Å². The zero-order chi connectivity index (χ0) is 9.97. The molecule has 2 rings (SSSR count). The zero-order valence-electron chi connectivity index (χ0n) is 7.24. The number of pyridine rings is 1. The molecule has 3 heteroatoms. The van der Waals surface area contributed by atoms with E-state index < -0.39 is 0 Å². The van der Waals surface area contributed by atoms with Gasteiger partial charge < -0.3 is 0 Å². The Morgan fingerprint density at radius 1 is 0.857 bits per heavy atom. The maximum atomic E-state index is 5.82. The fourth-order valence-electron chi connectivity index (χ4n) is 1.19. The topological polar surface area (TPSA) is 12.9 Å². The van der Waals surface area contributed by atoms with Crippen LogP contribution in [0.5, 0.6) is 0 Å². The van der Waals surface area contributed by atoms with Crippen LogP contribution in [0.3, 0.4) is 0 Å². The molecule has 1 nitrogen and oxygen atoms in total. The van der Waals surface area contributed by atoms with Crippen LogP contribution in [0.1, 0.15) is 0 Å². The summed E-state index contributed by atoms with van der Waals surface area (Å²) in [6.45, 7) is 0. The van der Waals surface area contributed by atoms with Gasteiger partial charge in [0.25, 0.3) is 0 Å². The van der Waals surface area contributed by atoms with Gasteiger partial charge in [0.05, 0.1) is 10.7 Å². The quantitative estimate of drug-likeness (QED) is 0.665. The molecule has 70 valence electrons. The van der Waals surface area contributed by atoms with Crippen molar-refractivity contribution < 1.29 is 0 Å². The van der Waals surface area contributed by atoms with Crippen LogP contribution in [-0.4, -0.2) is 4.98 Å². The van der Waals surface area contributed by atoms with E-state index in [1.165, 1.54) is 0 Å². The van der Waals surface area contributed by atoms with Gasteiger partial charge in [0.1, 0.15) is 5.15 Å². The smallest absolute Gasteiger partial charge is 0.148 e. The molecular formula is C11H7Cl2N.